The van der Waals surface area contributed by atoms with E-state index < -0.39 is 153 Å². The van der Waals surface area contributed by atoms with Crippen LogP contribution < -0.4 is 75.4 Å². The summed E-state index contributed by atoms with van der Waals surface area (Å²) in [6, 6.07) is 12.2. The summed E-state index contributed by atoms with van der Waals surface area (Å²) in [5.41, 5.74) is 14.7. The quantitative estimate of drug-likeness (QED) is 0.00252. The molecule has 0 aliphatic carbocycles. The molecule has 7 aromatic carbocycles. The average Bonchev–Trinajstić information content (AvgIpc) is 0.840. The van der Waals surface area contributed by atoms with E-state index in [0.717, 1.165) is 40.9 Å². The molecule has 0 aliphatic rings. The predicted octanol–water partition coefficient (Wildman–Crippen LogP) is 23.2. The number of aromatic nitrogens is 6. The molecule has 1 amide bonds. The fraction of sp³-hybridized carbons (Fsp3) is 0.318. The van der Waals surface area contributed by atoms with Crippen LogP contribution in [0.3, 0.4) is 0 Å². The number of anilines is 5. The molecule has 3 heterocycles. The molecule has 56 heteroatoms. The van der Waals surface area contributed by atoms with Crippen molar-refractivity contribution in [3.05, 3.63) is 230 Å². The van der Waals surface area contributed by atoms with Crippen LogP contribution in [0.25, 0.3) is 0 Å². The zero-order valence-electron chi connectivity index (χ0n) is 77.5. The molecular formula is C85H91Cl6F16IN16O17. The number of carboxylic acids is 1. The zero-order valence-corrected chi connectivity index (χ0v) is 84.2. The van der Waals surface area contributed by atoms with Gasteiger partial charge in [-0.05, 0) is 171 Å². The first-order chi connectivity index (χ1) is 66.2. The summed E-state index contributed by atoms with van der Waals surface area (Å²) in [4.78, 5) is 66.9. The number of hydrogen-bond acceptors (Lipinski definition) is 29. The minimum Gasteiger partial charge on any atom is -0.497 e. The van der Waals surface area contributed by atoms with Crippen molar-refractivity contribution in [2.45, 2.75) is 91.4 Å². The van der Waals surface area contributed by atoms with E-state index in [2.05, 4.69) is 130 Å². The molecule has 0 saturated carbocycles. The van der Waals surface area contributed by atoms with Gasteiger partial charge in [0, 0.05) is 64.9 Å². The topological polar surface area (TPSA) is 438 Å². The summed E-state index contributed by atoms with van der Waals surface area (Å²) in [6.45, 7) is 11.1. The minimum absolute atomic E-state index is 0.0137. The third kappa shape index (κ3) is 40.5. The molecule has 10 rings (SSSR count). The third-order valence-electron chi connectivity index (χ3n) is 16.5. The average molecular weight is 2250 g/mol. The fourth-order valence-electron chi connectivity index (χ4n) is 9.91. The van der Waals surface area contributed by atoms with Gasteiger partial charge in [-0.1, -0.05) is 50.4 Å². The van der Waals surface area contributed by atoms with Gasteiger partial charge in [0.15, 0.2) is 104 Å². The molecule has 0 spiro atoms. The predicted molar refractivity (Wildman–Crippen MR) is 500 cm³/mol. The van der Waals surface area contributed by atoms with Crippen LogP contribution >= 0.6 is 92.4 Å². The molecule has 0 atom stereocenters. The van der Waals surface area contributed by atoms with E-state index in [1.54, 1.807) is 46.2 Å². The van der Waals surface area contributed by atoms with Crippen LogP contribution in [0, 0.1) is 110 Å². The summed E-state index contributed by atoms with van der Waals surface area (Å²) in [7, 11) is 13.9. The Labute approximate surface area is 839 Å². The summed E-state index contributed by atoms with van der Waals surface area (Å²) >= 11 is 35.0. The van der Waals surface area contributed by atoms with Gasteiger partial charge in [-0.25, -0.2) is 119 Å². The molecule has 10 aromatic rings. The molecule has 0 aliphatic heterocycles. The Kier molecular flexibility index (Phi) is 56.7. The number of nitrogens with zero attached hydrogens (tertiary/aromatic N) is 9. The second kappa shape index (κ2) is 63.2. The lowest BCUT2D eigenvalue weighted by Gasteiger charge is -2.20. The van der Waals surface area contributed by atoms with Crippen LogP contribution in [0.5, 0.6) is 51.7 Å². The van der Waals surface area contributed by atoms with Crippen molar-refractivity contribution in [1.29, 1.82) is 5.53 Å². The highest BCUT2D eigenvalue weighted by Crippen LogP contribution is 2.39. The van der Waals surface area contributed by atoms with Crippen molar-refractivity contribution in [1.82, 2.24) is 29.9 Å². The summed E-state index contributed by atoms with van der Waals surface area (Å²) in [5, 5.41) is 23.8. The van der Waals surface area contributed by atoms with Crippen molar-refractivity contribution in [2.75, 3.05) is 118 Å². The number of rotatable bonds is 25. The van der Waals surface area contributed by atoms with Crippen molar-refractivity contribution in [3.8, 4) is 51.7 Å². The standard InChI is InChI=1S/C15H15ClF4N4O2.C13H11Cl2F2N3O2.C13H17F2NO3.C10H10F2O3.C10H12O3.C9H8F2O3.C8H9F2NO.C5H3Cl2IN2.C2H5F2N.ClHN4/c1-25-8-3-9(26-2)12(20)13(11(8)19)21-4-7-5-23-15(16)24-14(7)22-6-10(17)18;1-21-7-3-8(22-2)10(17)11(9(7)16)18-4-6-5-19-13(15)20-12(6)14;1-7-6-8(18-5)10(15)11(9(7)14)16-12(17)19-13(2,3)4;1-5-4-6(14-2)9(12)7(8(5)11)10(13)15-3;1-7-4-8(10(11)13-3)6-9(5-7)12-2;1-4-3-5(14-2)8(11)6(7(4)10)9(12)13;1-4-3-5(12-2)7(10)8(11)6(4)9;6-4-3(1-8)2-9-5(7)10-4;3-2(4)1-5;1-3-5-4-2/h3,5,10,21H,4,6H2,1-2H3,(H,22,23,24);3,5,18H,4H2,1-2H3;6H,1-5H3,(H,16,17);4H,1-3H3;4-6H,1-3H3;3H,1-2H3,(H,12,13);3H,11H2,1-2H3;2H,1H2;2H,1,5H2;2H. The Morgan fingerprint density at radius 2 is 0.823 bits per heavy atom. The number of alkyl halides is 5. The number of benzene rings is 7. The van der Waals surface area contributed by atoms with Crippen LogP contribution in [0.1, 0.15) is 96.4 Å². The van der Waals surface area contributed by atoms with Crippen LogP contribution in [-0.4, -0.2) is 169 Å². The smallest absolute Gasteiger partial charge is 0.412 e. The first-order valence-corrected chi connectivity index (χ1v) is 42.3. The molecular weight excluding hydrogens is 2160 g/mol. The molecule has 10 N–H and O–H groups in total. The van der Waals surface area contributed by atoms with Gasteiger partial charge in [0.2, 0.25) is 15.9 Å². The van der Waals surface area contributed by atoms with Crippen molar-refractivity contribution < 1.29 is 151 Å². The number of aryl methyl sites for hydroxylation is 5. The number of nitrogens with two attached hydrogens (primary N) is 2. The van der Waals surface area contributed by atoms with E-state index in [1.807, 2.05) is 13.0 Å². The highest BCUT2D eigenvalue weighted by Gasteiger charge is 2.29. The zero-order chi connectivity index (χ0) is 108. The number of carbonyl (C=O) groups excluding carboxylic acids is 3. The number of amides is 1. The maximum Gasteiger partial charge on any atom is 0.412 e. The highest BCUT2D eigenvalue weighted by atomic mass is 127. The molecule has 3 aromatic heterocycles. The van der Waals surface area contributed by atoms with Crippen LogP contribution in [0.15, 0.2) is 88.3 Å². The number of nitrogen functional groups attached to an aromatic ring is 1. The monoisotopic (exact) mass is 2250 g/mol. The van der Waals surface area contributed by atoms with Crippen molar-refractivity contribution in [3.63, 3.8) is 0 Å². The summed E-state index contributed by atoms with van der Waals surface area (Å²) < 4.78 is 270. The van der Waals surface area contributed by atoms with Crippen molar-refractivity contribution >= 4 is 145 Å². The van der Waals surface area contributed by atoms with Gasteiger partial charge in [0.05, 0.1) is 109 Å². The Morgan fingerprint density at radius 1 is 0.461 bits per heavy atom. The first kappa shape index (κ1) is 126. The number of halogens is 23. The van der Waals surface area contributed by atoms with Crippen LogP contribution in [0.2, 0.25) is 26.2 Å². The van der Waals surface area contributed by atoms with Gasteiger partial charge in [0.1, 0.15) is 73.0 Å². The second-order valence-corrected chi connectivity index (χ2v) is 29.9. The van der Waals surface area contributed by atoms with Gasteiger partial charge >= 0.3 is 24.0 Å². The highest BCUT2D eigenvalue weighted by molar-refractivity contribution is 14.1. The Bertz CT molecular complexity index is 5840. The molecule has 0 fully saturated rings. The summed E-state index contributed by atoms with van der Waals surface area (Å²) in [5.74, 6) is -15.1. The van der Waals surface area contributed by atoms with E-state index in [9.17, 15) is 89.4 Å². The second-order valence-electron chi connectivity index (χ2n) is 27.3. The van der Waals surface area contributed by atoms with Gasteiger partial charge in [-0.2, -0.15) is 5.53 Å². The number of carbonyl (C=O) groups is 4. The van der Waals surface area contributed by atoms with Gasteiger partial charge in [0.25, 0.3) is 12.9 Å². The SMILES string of the molecule is COC(=O)c1c(F)c(C)cc(OC)c1F.COC(=O)c1cc(C)cc(OC)c1.COc1cc(C)c(F)c(C(=O)O)c1F.COc1cc(C)c(F)c(N)c1F.COc1cc(C)c(F)c(NC(=O)OC(C)(C)C)c1F.COc1cc(OC)c(F)c(NCc2cnc(Cl)nc2Cl)c1F.COc1cc(OC)c(F)c(NCc2cnc(Cl)nc2NCC(F)F)c1F.Clc1ncc(CI)c(Cl)n1.N=NN=NCl.NCC(F)F. The minimum atomic E-state index is -2.62. The van der Waals surface area contributed by atoms with E-state index in [4.69, 9.17) is 108 Å². The lowest BCUT2D eigenvalue weighted by atomic mass is 10.1. The van der Waals surface area contributed by atoms with Crippen LogP contribution in [0.4, 0.5) is 104 Å². The fourth-order valence-corrected chi connectivity index (χ4v) is 11.6. The molecule has 0 saturated heterocycles. The Balaban J connectivity index is 0.000000806. The maximum absolute atomic E-state index is 14.3. The summed E-state index contributed by atoms with van der Waals surface area (Å²) in [6.07, 6.45) is -1.65. The van der Waals surface area contributed by atoms with Gasteiger partial charge < -0.3 is 89.4 Å². The molecule has 33 nitrogen and oxygen atoms in total. The number of carboxylic acid groups (broad SMARTS) is 1. The number of hydrogen-bond donors (Lipinski definition) is 8. The maximum atomic E-state index is 14.3. The number of ether oxygens (including phenoxy) is 12. The largest absolute Gasteiger partial charge is 0.497 e. The van der Waals surface area contributed by atoms with E-state index in [1.165, 1.54) is 122 Å². The lowest BCUT2D eigenvalue weighted by molar-refractivity contribution is 0.0583. The third-order valence-corrected chi connectivity index (χ3v) is 18.6. The van der Waals surface area contributed by atoms with E-state index >= 15 is 0 Å². The van der Waals surface area contributed by atoms with E-state index in [-0.39, 0.29) is 120 Å². The molecule has 0 unspecified atom stereocenters. The number of esters is 2. The van der Waals surface area contributed by atoms with Gasteiger partial charge in [-0.15, -0.1) is 0 Å². The number of nitrogens with one attached hydrogen (secondary N) is 5. The Hall–Kier alpha value is -12.6. The van der Waals surface area contributed by atoms with E-state index in [0.29, 0.717) is 22.0 Å². The molecule has 774 valence electrons. The number of aromatic carboxylic acids is 1. The Morgan fingerprint density at radius 3 is 1.18 bits per heavy atom. The molecule has 0 radical (unpaired) electrons. The molecule has 141 heavy (non-hydrogen) atoms. The van der Waals surface area contributed by atoms with Gasteiger partial charge in [-0.3, -0.25) is 5.32 Å². The number of methoxy groups -OCH3 is 11. The normalized spacial score (nSPS) is 10.2. The first-order valence-electron chi connectivity index (χ1n) is 38.6. The van der Waals surface area contributed by atoms with Crippen LogP contribution in [-0.2, 0) is 31.7 Å². The van der Waals surface area contributed by atoms with Crippen molar-refractivity contribution in [2.24, 2.45) is 20.8 Å². The lowest BCUT2D eigenvalue weighted by Crippen LogP contribution is -2.28. The molecule has 0 bridgehead atoms.